The first kappa shape index (κ1) is 15.4. The number of hydrogen-bond acceptors (Lipinski definition) is 4. The van der Waals surface area contributed by atoms with Crippen LogP contribution in [0, 0.1) is 11.7 Å². The average Bonchev–Trinajstić information content (AvgIpc) is 2.57. The van der Waals surface area contributed by atoms with E-state index in [0.29, 0.717) is 24.7 Å². The molecule has 2 aromatic rings. The predicted octanol–water partition coefficient (Wildman–Crippen LogP) is 3.33. The number of carbonyl (C=O) groups excluding carboxylic acids is 1. The average molecular weight is 315 g/mol. The Morgan fingerprint density at radius 2 is 2.00 bits per heavy atom. The highest BCUT2D eigenvalue weighted by Crippen LogP contribution is 2.19. The number of amides is 1. The number of ether oxygens (including phenoxy) is 1. The molecule has 0 unspecified atom stereocenters. The van der Waals surface area contributed by atoms with Crippen molar-refractivity contribution in [2.75, 3.05) is 23.8 Å². The van der Waals surface area contributed by atoms with Crippen LogP contribution in [-0.4, -0.2) is 24.1 Å². The molecule has 23 heavy (non-hydrogen) atoms. The number of halogens is 1. The SMILES string of the molecule is O=C(Nc1ccc(Nc2cccc(F)c2)cn1)C1CCOCC1. The number of nitrogens with one attached hydrogen (secondary N) is 2. The largest absolute Gasteiger partial charge is 0.381 e. The van der Waals surface area contributed by atoms with E-state index in [1.54, 1.807) is 30.5 Å². The monoisotopic (exact) mass is 315 g/mol. The number of rotatable bonds is 4. The lowest BCUT2D eigenvalue weighted by Crippen LogP contribution is -2.28. The molecule has 120 valence electrons. The van der Waals surface area contributed by atoms with Gasteiger partial charge in [0.15, 0.2) is 0 Å². The second kappa shape index (κ2) is 7.19. The van der Waals surface area contributed by atoms with Crippen molar-refractivity contribution in [3.05, 3.63) is 48.4 Å². The van der Waals surface area contributed by atoms with Gasteiger partial charge in [-0.05, 0) is 43.2 Å². The van der Waals surface area contributed by atoms with Gasteiger partial charge in [0.25, 0.3) is 0 Å². The van der Waals surface area contributed by atoms with Gasteiger partial charge in [-0.25, -0.2) is 9.37 Å². The van der Waals surface area contributed by atoms with Crippen LogP contribution in [0.1, 0.15) is 12.8 Å². The number of carbonyl (C=O) groups is 1. The van der Waals surface area contributed by atoms with Gasteiger partial charge in [-0.1, -0.05) is 6.07 Å². The third kappa shape index (κ3) is 4.26. The number of pyridine rings is 1. The zero-order valence-electron chi connectivity index (χ0n) is 12.6. The van der Waals surface area contributed by atoms with Crippen molar-refractivity contribution in [3.63, 3.8) is 0 Å². The summed E-state index contributed by atoms with van der Waals surface area (Å²) >= 11 is 0. The van der Waals surface area contributed by atoms with E-state index in [-0.39, 0.29) is 17.6 Å². The fraction of sp³-hybridized carbons (Fsp3) is 0.294. The molecule has 0 radical (unpaired) electrons. The van der Waals surface area contributed by atoms with E-state index in [0.717, 1.165) is 18.5 Å². The Balaban J connectivity index is 1.59. The third-order valence-electron chi connectivity index (χ3n) is 3.72. The Labute approximate surface area is 133 Å². The van der Waals surface area contributed by atoms with Crippen LogP contribution in [0.15, 0.2) is 42.6 Å². The normalized spacial score (nSPS) is 15.2. The maximum atomic E-state index is 13.1. The molecule has 0 bridgehead atoms. The topological polar surface area (TPSA) is 63.2 Å². The fourth-order valence-electron chi connectivity index (χ4n) is 2.46. The lowest BCUT2D eigenvalue weighted by Gasteiger charge is -2.20. The van der Waals surface area contributed by atoms with E-state index >= 15 is 0 Å². The Bertz CT molecular complexity index is 670. The molecule has 1 aromatic heterocycles. The molecule has 6 heteroatoms. The van der Waals surface area contributed by atoms with Crippen LogP contribution >= 0.6 is 0 Å². The molecular weight excluding hydrogens is 297 g/mol. The van der Waals surface area contributed by atoms with E-state index in [9.17, 15) is 9.18 Å². The Morgan fingerprint density at radius 1 is 1.17 bits per heavy atom. The molecule has 0 saturated carbocycles. The summed E-state index contributed by atoms with van der Waals surface area (Å²) in [5.74, 6) is 0.164. The van der Waals surface area contributed by atoms with Crippen molar-refractivity contribution >= 4 is 23.1 Å². The molecule has 1 aliphatic heterocycles. The van der Waals surface area contributed by atoms with Gasteiger partial charge in [-0.2, -0.15) is 0 Å². The van der Waals surface area contributed by atoms with Crippen molar-refractivity contribution in [1.82, 2.24) is 4.98 Å². The van der Waals surface area contributed by atoms with Gasteiger partial charge in [0.1, 0.15) is 11.6 Å². The van der Waals surface area contributed by atoms with Crippen LogP contribution in [0.25, 0.3) is 0 Å². The van der Waals surface area contributed by atoms with Crippen LogP contribution in [0.4, 0.5) is 21.6 Å². The zero-order chi connectivity index (χ0) is 16.1. The van der Waals surface area contributed by atoms with E-state index in [1.165, 1.54) is 12.1 Å². The molecule has 1 fully saturated rings. The Hall–Kier alpha value is -2.47. The molecule has 2 N–H and O–H groups in total. The summed E-state index contributed by atoms with van der Waals surface area (Å²) in [4.78, 5) is 16.3. The molecule has 0 spiro atoms. The summed E-state index contributed by atoms with van der Waals surface area (Å²) in [5, 5.41) is 5.88. The summed E-state index contributed by atoms with van der Waals surface area (Å²) in [6.45, 7) is 1.25. The molecule has 1 saturated heterocycles. The van der Waals surface area contributed by atoms with Crippen LogP contribution < -0.4 is 10.6 Å². The lowest BCUT2D eigenvalue weighted by molar-refractivity contribution is -0.122. The van der Waals surface area contributed by atoms with E-state index in [1.807, 2.05) is 0 Å². The first-order valence-electron chi connectivity index (χ1n) is 7.58. The van der Waals surface area contributed by atoms with Crippen LogP contribution in [0.2, 0.25) is 0 Å². The molecule has 0 atom stereocenters. The van der Waals surface area contributed by atoms with Crippen molar-refractivity contribution in [1.29, 1.82) is 0 Å². The first-order chi connectivity index (χ1) is 11.2. The highest BCUT2D eigenvalue weighted by Gasteiger charge is 2.21. The maximum absolute atomic E-state index is 13.1. The van der Waals surface area contributed by atoms with Crippen molar-refractivity contribution < 1.29 is 13.9 Å². The molecule has 5 nitrogen and oxygen atoms in total. The van der Waals surface area contributed by atoms with Crippen LogP contribution in [0.3, 0.4) is 0 Å². The van der Waals surface area contributed by atoms with Gasteiger partial charge >= 0.3 is 0 Å². The minimum atomic E-state index is -0.302. The molecular formula is C17H18FN3O2. The molecule has 1 amide bonds. The van der Waals surface area contributed by atoms with Crippen LogP contribution in [-0.2, 0) is 9.53 Å². The van der Waals surface area contributed by atoms with E-state index in [4.69, 9.17) is 4.74 Å². The van der Waals surface area contributed by atoms with Gasteiger partial charge in [0, 0.05) is 24.8 Å². The maximum Gasteiger partial charge on any atom is 0.228 e. The number of benzene rings is 1. The summed E-state index contributed by atoms with van der Waals surface area (Å²) in [6, 6.07) is 9.70. The summed E-state index contributed by atoms with van der Waals surface area (Å²) in [6.07, 6.45) is 3.08. The van der Waals surface area contributed by atoms with Gasteiger partial charge < -0.3 is 15.4 Å². The summed E-state index contributed by atoms with van der Waals surface area (Å²) < 4.78 is 18.4. The lowest BCUT2D eigenvalue weighted by atomic mass is 9.99. The van der Waals surface area contributed by atoms with Gasteiger partial charge in [-0.3, -0.25) is 4.79 Å². The fourth-order valence-corrected chi connectivity index (χ4v) is 2.46. The second-order valence-electron chi connectivity index (χ2n) is 5.44. The quantitative estimate of drug-likeness (QED) is 0.908. The van der Waals surface area contributed by atoms with Crippen LogP contribution in [0.5, 0.6) is 0 Å². The number of anilines is 3. The highest BCUT2D eigenvalue weighted by molar-refractivity contribution is 5.91. The van der Waals surface area contributed by atoms with Crippen molar-refractivity contribution in [2.45, 2.75) is 12.8 Å². The van der Waals surface area contributed by atoms with Crippen molar-refractivity contribution in [3.8, 4) is 0 Å². The molecule has 2 heterocycles. The second-order valence-corrected chi connectivity index (χ2v) is 5.44. The molecule has 3 rings (SSSR count). The van der Waals surface area contributed by atoms with Gasteiger partial charge in [0.2, 0.25) is 5.91 Å². The first-order valence-corrected chi connectivity index (χ1v) is 7.58. The predicted molar refractivity (Wildman–Crippen MR) is 86.1 cm³/mol. The molecule has 1 aromatic carbocycles. The molecule has 0 aliphatic carbocycles. The smallest absolute Gasteiger partial charge is 0.228 e. The van der Waals surface area contributed by atoms with Gasteiger partial charge in [-0.15, -0.1) is 0 Å². The number of hydrogen-bond donors (Lipinski definition) is 2. The Morgan fingerprint density at radius 3 is 2.70 bits per heavy atom. The third-order valence-corrected chi connectivity index (χ3v) is 3.72. The standard InChI is InChI=1S/C17H18FN3O2/c18-13-2-1-3-14(10-13)20-15-4-5-16(19-11-15)21-17(22)12-6-8-23-9-7-12/h1-5,10-12,20H,6-9H2,(H,19,21,22). The zero-order valence-corrected chi connectivity index (χ0v) is 12.6. The van der Waals surface area contributed by atoms with Gasteiger partial charge in [0.05, 0.1) is 11.9 Å². The minimum absolute atomic E-state index is 0.0179. The van der Waals surface area contributed by atoms with Crippen molar-refractivity contribution in [2.24, 2.45) is 5.92 Å². The minimum Gasteiger partial charge on any atom is -0.381 e. The summed E-state index contributed by atoms with van der Waals surface area (Å²) in [7, 11) is 0. The van der Waals surface area contributed by atoms with E-state index in [2.05, 4.69) is 15.6 Å². The molecule has 1 aliphatic rings. The Kier molecular flexibility index (Phi) is 4.83. The summed E-state index contributed by atoms with van der Waals surface area (Å²) in [5.41, 5.74) is 1.37. The number of aromatic nitrogens is 1. The van der Waals surface area contributed by atoms with E-state index < -0.39 is 0 Å². The highest BCUT2D eigenvalue weighted by atomic mass is 19.1. The number of nitrogens with zero attached hydrogens (tertiary/aromatic N) is 1.